The van der Waals surface area contributed by atoms with E-state index in [1.54, 1.807) is 18.2 Å². The number of carbonyl (C=O) groups excluding carboxylic acids is 1. The lowest BCUT2D eigenvalue weighted by Crippen LogP contribution is -2.30. The maximum atomic E-state index is 11.5. The quantitative estimate of drug-likeness (QED) is 0.758. The molecule has 0 saturated heterocycles. The fraction of sp³-hybridized carbons (Fsp3) is 0.333. The number of carboxylic acids is 1. The molecule has 1 amide bonds. The van der Waals surface area contributed by atoms with Crippen molar-refractivity contribution in [3.8, 4) is 5.75 Å². The van der Waals surface area contributed by atoms with Crippen LogP contribution in [0, 0.1) is 5.92 Å². The molecule has 0 aromatic heterocycles. The number of hydrogen-bond donors (Lipinski definition) is 2. The molecule has 0 radical (unpaired) electrons. The zero-order valence-corrected chi connectivity index (χ0v) is 12.1. The van der Waals surface area contributed by atoms with E-state index < -0.39 is 5.97 Å². The van der Waals surface area contributed by atoms with E-state index in [1.807, 2.05) is 0 Å². The first-order valence-electron chi connectivity index (χ1n) is 6.64. The van der Waals surface area contributed by atoms with Crippen molar-refractivity contribution in [2.75, 3.05) is 13.2 Å². The van der Waals surface area contributed by atoms with Crippen molar-refractivity contribution in [3.63, 3.8) is 0 Å². The van der Waals surface area contributed by atoms with Crippen molar-refractivity contribution in [1.82, 2.24) is 5.32 Å². The number of rotatable bonds is 7. The van der Waals surface area contributed by atoms with Gasteiger partial charge in [-0.25, -0.2) is 4.79 Å². The highest BCUT2D eigenvalue weighted by Gasteiger charge is 2.21. The van der Waals surface area contributed by atoms with E-state index in [0.717, 1.165) is 6.08 Å². The highest BCUT2D eigenvalue weighted by molar-refractivity contribution is 6.32. The zero-order chi connectivity index (χ0) is 15.2. The van der Waals surface area contributed by atoms with Gasteiger partial charge in [-0.3, -0.25) is 4.79 Å². The largest absolute Gasteiger partial charge is 0.482 e. The maximum Gasteiger partial charge on any atom is 0.328 e. The second-order valence-corrected chi connectivity index (χ2v) is 5.30. The molecule has 0 atom stereocenters. The highest BCUT2D eigenvalue weighted by Crippen LogP contribution is 2.28. The number of amides is 1. The summed E-state index contributed by atoms with van der Waals surface area (Å²) in [6.07, 6.45) is 4.81. The summed E-state index contributed by atoms with van der Waals surface area (Å²) in [6, 6.07) is 4.86. The standard InChI is InChI=1S/C15H16ClNO4/c16-12-7-10(4-6-15(19)20)3-5-13(12)21-9-14(18)17-8-11-1-2-11/h3-7,11H,1-2,8-9H2,(H,17,18)(H,19,20). The third kappa shape index (κ3) is 5.47. The van der Waals surface area contributed by atoms with Crippen LogP contribution in [0.5, 0.6) is 5.75 Å². The Morgan fingerprint density at radius 2 is 2.19 bits per heavy atom. The molecule has 5 nitrogen and oxygen atoms in total. The zero-order valence-electron chi connectivity index (χ0n) is 11.3. The summed E-state index contributed by atoms with van der Waals surface area (Å²) in [6.45, 7) is 0.617. The van der Waals surface area contributed by atoms with E-state index in [4.69, 9.17) is 21.4 Å². The second-order valence-electron chi connectivity index (χ2n) is 4.90. The van der Waals surface area contributed by atoms with Crippen LogP contribution in [0.2, 0.25) is 5.02 Å². The molecule has 1 saturated carbocycles. The summed E-state index contributed by atoms with van der Waals surface area (Å²) in [5.74, 6) is -0.185. The predicted molar refractivity (Wildman–Crippen MR) is 79.4 cm³/mol. The van der Waals surface area contributed by atoms with Gasteiger partial charge < -0.3 is 15.2 Å². The molecule has 0 spiro atoms. The Labute approximate surface area is 127 Å². The monoisotopic (exact) mass is 309 g/mol. The van der Waals surface area contributed by atoms with Gasteiger partial charge in [-0.15, -0.1) is 0 Å². The lowest BCUT2D eigenvalue weighted by atomic mass is 10.2. The fourth-order valence-electron chi connectivity index (χ4n) is 1.68. The lowest BCUT2D eigenvalue weighted by Gasteiger charge is -2.09. The van der Waals surface area contributed by atoms with Crippen molar-refractivity contribution in [3.05, 3.63) is 34.9 Å². The Balaban J connectivity index is 1.84. The van der Waals surface area contributed by atoms with Crippen LogP contribution in [-0.4, -0.2) is 30.1 Å². The molecule has 112 valence electrons. The Hall–Kier alpha value is -2.01. The molecule has 0 bridgehead atoms. The summed E-state index contributed by atoms with van der Waals surface area (Å²) in [4.78, 5) is 22.0. The number of hydrogen-bond acceptors (Lipinski definition) is 3. The molecular formula is C15H16ClNO4. The minimum Gasteiger partial charge on any atom is -0.482 e. The third-order valence-corrected chi connectivity index (χ3v) is 3.31. The van der Waals surface area contributed by atoms with Crippen molar-refractivity contribution >= 4 is 29.6 Å². The number of aliphatic carboxylic acids is 1. The first-order chi connectivity index (χ1) is 10.0. The number of carbonyl (C=O) groups is 2. The maximum absolute atomic E-state index is 11.5. The van der Waals surface area contributed by atoms with Gasteiger partial charge in [-0.2, -0.15) is 0 Å². The summed E-state index contributed by atoms with van der Waals surface area (Å²) in [5.41, 5.74) is 0.646. The predicted octanol–water partition coefficient (Wildman–Crippen LogP) is 2.34. The average molecular weight is 310 g/mol. The van der Waals surface area contributed by atoms with Gasteiger partial charge >= 0.3 is 5.97 Å². The molecule has 6 heteroatoms. The molecule has 1 aliphatic carbocycles. The van der Waals surface area contributed by atoms with Crippen LogP contribution < -0.4 is 10.1 Å². The Bertz CT molecular complexity index is 567. The molecule has 1 aromatic rings. The first kappa shape index (κ1) is 15.4. The van der Waals surface area contributed by atoms with E-state index in [9.17, 15) is 9.59 Å². The van der Waals surface area contributed by atoms with Crippen LogP contribution in [0.15, 0.2) is 24.3 Å². The van der Waals surface area contributed by atoms with Gasteiger partial charge in [-0.05, 0) is 42.5 Å². The number of carboxylic acid groups (broad SMARTS) is 1. The van der Waals surface area contributed by atoms with Crippen LogP contribution in [0.1, 0.15) is 18.4 Å². The normalized spacial score (nSPS) is 14.1. The molecule has 2 N–H and O–H groups in total. The minimum atomic E-state index is -1.03. The van der Waals surface area contributed by atoms with E-state index in [1.165, 1.54) is 18.9 Å². The van der Waals surface area contributed by atoms with Gasteiger partial charge in [0.05, 0.1) is 5.02 Å². The highest BCUT2D eigenvalue weighted by atomic mass is 35.5. The lowest BCUT2D eigenvalue weighted by molar-refractivity contribution is -0.131. The molecule has 0 heterocycles. The molecule has 1 fully saturated rings. The van der Waals surface area contributed by atoms with Crippen LogP contribution in [0.25, 0.3) is 6.08 Å². The molecule has 21 heavy (non-hydrogen) atoms. The third-order valence-electron chi connectivity index (χ3n) is 3.02. The van der Waals surface area contributed by atoms with Crippen molar-refractivity contribution < 1.29 is 19.4 Å². The van der Waals surface area contributed by atoms with E-state index in [0.29, 0.717) is 28.8 Å². The van der Waals surface area contributed by atoms with Gasteiger partial charge in [0.1, 0.15) is 5.75 Å². The van der Waals surface area contributed by atoms with Gasteiger partial charge in [0.15, 0.2) is 6.61 Å². The van der Waals surface area contributed by atoms with Crippen molar-refractivity contribution in [2.45, 2.75) is 12.8 Å². The van der Waals surface area contributed by atoms with Gasteiger partial charge in [0.2, 0.25) is 0 Å². The van der Waals surface area contributed by atoms with Gasteiger partial charge in [-0.1, -0.05) is 17.7 Å². The average Bonchev–Trinajstić information content (AvgIpc) is 3.26. The Morgan fingerprint density at radius 1 is 1.43 bits per heavy atom. The molecule has 0 unspecified atom stereocenters. The number of ether oxygens (including phenoxy) is 1. The van der Waals surface area contributed by atoms with E-state index in [2.05, 4.69) is 5.32 Å². The number of halogens is 1. The second kappa shape index (κ2) is 7.13. The molecule has 0 aliphatic heterocycles. The minimum absolute atomic E-state index is 0.0866. The van der Waals surface area contributed by atoms with Crippen LogP contribution in [0.3, 0.4) is 0 Å². The van der Waals surface area contributed by atoms with Crippen molar-refractivity contribution in [2.24, 2.45) is 5.92 Å². The molecule has 1 aromatic carbocycles. The molecule has 1 aliphatic rings. The first-order valence-corrected chi connectivity index (χ1v) is 7.02. The summed E-state index contributed by atoms with van der Waals surface area (Å²) >= 11 is 6.03. The molecular weight excluding hydrogens is 294 g/mol. The van der Waals surface area contributed by atoms with Gasteiger partial charge in [0.25, 0.3) is 5.91 Å². The fourth-order valence-corrected chi connectivity index (χ4v) is 1.92. The Kier molecular flexibility index (Phi) is 5.22. The summed E-state index contributed by atoms with van der Waals surface area (Å²) in [7, 11) is 0. The van der Waals surface area contributed by atoms with E-state index in [-0.39, 0.29) is 12.5 Å². The van der Waals surface area contributed by atoms with Crippen LogP contribution in [0.4, 0.5) is 0 Å². The number of benzene rings is 1. The topological polar surface area (TPSA) is 75.6 Å². The van der Waals surface area contributed by atoms with Gasteiger partial charge in [0, 0.05) is 12.6 Å². The van der Waals surface area contributed by atoms with Crippen LogP contribution in [-0.2, 0) is 9.59 Å². The van der Waals surface area contributed by atoms with Crippen molar-refractivity contribution in [1.29, 1.82) is 0 Å². The smallest absolute Gasteiger partial charge is 0.328 e. The van der Waals surface area contributed by atoms with E-state index >= 15 is 0 Å². The summed E-state index contributed by atoms with van der Waals surface area (Å²) in [5, 5.41) is 11.7. The summed E-state index contributed by atoms with van der Waals surface area (Å²) < 4.78 is 5.35. The Morgan fingerprint density at radius 3 is 2.81 bits per heavy atom. The SMILES string of the molecule is O=C(O)C=Cc1ccc(OCC(=O)NCC2CC2)c(Cl)c1. The molecule has 2 rings (SSSR count). The number of nitrogens with one attached hydrogen (secondary N) is 1. The van der Waals surface area contributed by atoms with Crippen LogP contribution >= 0.6 is 11.6 Å².